The van der Waals surface area contributed by atoms with Gasteiger partial charge in [0.1, 0.15) is 6.04 Å². The van der Waals surface area contributed by atoms with E-state index in [1.54, 1.807) is 6.92 Å². The molecule has 3 nitrogen and oxygen atoms in total. The first-order chi connectivity index (χ1) is 9.79. The first kappa shape index (κ1) is 17.5. The molecule has 1 rings (SSSR count). The fourth-order valence-corrected chi connectivity index (χ4v) is 1.79. The highest BCUT2D eigenvalue weighted by Gasteiger charge is 2.40. The summed E-state index contributed by atoms with van der Waals surface area (Å²) in [6, 6.07) is 1.29. The van der Waals surface area contributed by atoms with Crippen LogP contribution in [0.5, 0.6) is 11.5 Å². The highest BCUT2D eigenvalue weighted by molar-refractivity contribution is 5.44. The van der Waals surface area contributed by atoms with E-state index in [0.717, 1.165) is 18.2 Å². The maximum absolute atomic E-state index is 13.0. The molecule has 1 aromatic carbocycles. The Bertz CT molecular complexity index is 451. The Hall–Kier alpha value is -1.57. The number of benzene rings is 1. The van der Waals surface area contributed by atoms with Gasteiger partial charge in [-0.15, -0.1) is 0 Å². The van der Waals surface area contributed by atoms with Crippen molar-refractivity contribution >= 4 is 0 Å². The van der Waals surface area contributed by atoms with Gasteiger partial charge in [-0.2, -0.15) is 22.0 Å². The minimum absolute atomic E-state index is 0.101. The third-order valence-electron chi connectivity index (χ3n) is 2.55. The second-order valence-electron chi connectivity index (χ2n) is 4.05. The molecule has 0 bridgehead atoms. The van der Waals surface area contributed by atoms with Crippen LogP contribution in [-0.4, -0.2) is 25.9 Å². The molecule has 0 spiro atoms. The molecule has 0 amide bonds. The van der Waals surface area contributed by atoms with Gasteiger partial charge in [0.25, 0.3) is 0 Å². The average Bonchev–Trinajstić information content (AvgIpc) is 2.36. The molecule has 120 valence electrons. The molecular weight excluding hydrogens is 297 g/mol. The Morgan fingerprint density at radius 1 is 1.14 bits per heavy atom. The summed E-state index contributed by atoms with van der Waals surface area (Å²) in [6.45, 7) is 0.257. The van der Waals surface area contributed by atoms with E-state index in [2.05, 4.69) is 10.1 Å². The van der Waals surface area contributed by atoms with E-state index < -0.39 is 18.8 Å². The zero-order chi connectivity index (χ0) is 16.0. The normalized spacial score (nSPS) is 13.3. The first-order valence-electron chi connectivity index (χ1n) is 6.31. The van der Waals surface area contributed by atoms with Crippen LogP contribution in [0.3, 0.4) is 0 Å². The first-order valence-corrected chi connectivity index (χ1v) is 6.31. The number of hydrogen-bond donors (Lipinski definition) is 1. The Labute approximate surface area is 119 Å². The summed E-state index contributed by atoms with van der Waals surface area (Å²) >= 11 is 0. The highest BCUT2D eigenvalue weighted by atomic mass is 19.4. The van der Waals surface area contributed by atoms with E-state index in [9.17, 15) is 22.0 Å². The molecule has 0 fully saturated rings. The number of ether oxygens (including phenoxy) is 2. The van der Waals surface area contributed by atoms with Gasteiger partial charge < -0.3 is 14.8 Å². The van der Waals surface area contributed by atoms with Crippen molar-refractivity contribution in [2.75, 3.05) is 13.2 Å². The van der Waals surface area contributed by atoms with Crippen LogP contribution in [-0.2, 0) is 0 Å². The molecule has 8 heteroatoms. The number of nitrogens with one attached hydrogen (secondary N) is 1. The van der Waals surface area contributed by atoms with Crippen molar-refractivity contribution in [3.63, 3.8) is 0 Å². The van der Waals surface area contributed by atoms with Crippen LogP contribution in [0, 0.1) is 0 Å². The third-order valence-corrected chi connectivity index (χ3v) is 2.55. The SMILES string of the molecule is CCNC(c1ccc(OC(F)F)c(OCC)c1)C(F)(F)F. The number of halogens is 5. The lowest BCUT2D eigenvalue weighted by molar-refractivity contribution is -0.157. The van der Waals surface area contributed by atoms with Crippen molar-refractivity contribution in [3.05, 3.63) is 23.8 Å². The Balaban J connectivity index is 3.15. The second-order valence-corrected chi connectivity index (χ2v) is 4.05. The summed E-state index contributed by atoms with van der Waals surface area (Å²) in [5.74, 6) is -0.449. The van der Waals surface area contributed by atoms with Crippen LogP contribution in [0.1, 0.15) is 25.5 Å². The van der Waals surface area contributed by atoms with Crippen molar-refractivity contribution in [1.29, 1.82) is 0 Å². The Morgan fingerprint density at radius 2 is 1.81 bits per heavy atom. The van der Waals surface area contributed by atoms with Crippen molar-refractivity contribution < 1.29 is 31.4 Å². The smallest absolute Gasteiger partial charge is 0.407 e. The predicted octanol–water partition coefficient (Wildman–Crippen LogP) is 3.90. The standard InChI is InChI=1S/C13H16F5NO2/c1-3-19-11(13(16,17)18)8-5-6-9(21-12(14)15)10(7-8)20-4-2/h5-7,11-12,19H,3-4H2,1-2H3. The molecule has 0 aromatic heterocycles. The molecule has 0 aliphatic rings. The maximum atomic E-state index is 13.0. The second kappa shape index (κ2) is 7.44. The van der Waals surface area contributed by atoms with Crippen LogP contribution >= 0.6 is 0 Å². The van der Waals surface area contributed by atoms with Gasteiger partial charge in [-0.1, -0.05) is 13.0 Å². The van der Waals surface area contributed by atoms with Gasteiger partial charge in [-0.25, -0.2) is 0 Å². The molecule has 1 atom stereocenters. The van der Waals surface area contributed by atoms with E-state index in [1.807, 2.05) is 0 Å². The Kier molecular flexibility index (Phi) is 6.19. The van der Waals surface area contributed by atoms with Gasteiger partial charge in [0, 0.05) is 0 Å². The summed E-state index contributed by atoms with van der Waals surface area (Å²) in [7, 11) is 0. The highest BCUT2D eigenvalue weighted by Crippen LogP contribution is 2.37. The van der Waals surface area contributed by atoms with Crippen LogP contribution < -0.4 is 14.8 Å². The lowest BCUT2D eigenvalue weighted by Crippen LogP contribution is -2.34. The summed E-state index contributed by atoms with van der Waals surface area (Å²) in [4.78, 5) is 0. The van der Waals surface area contributed by atoms with E-state index >= 15 is 0 Å². The van der Waals surface area contributed by atoms with Gasteiger partial charge in [0.2, 0.25) is 0 Å². The molecular formula is C13H16F5NO2. The van der Waals surface area contributed by atoms with Crippen molar-refractivity contribution in [2.45, 2.75) is 32.7 Å². The summed E-state index contributed by atoms with van der Waals surface area (Å²) in [5.41, 5.74) is -0.130. The van der Waals surface area contributed by atoms with E-state index in [0.29, 0.717) is 0 Å². The van der Waals surface area contributed by atoms with Crippen LogP contribution in [0.25, 0.3) is 0 Å². The van der Waals surface area contributed by atoms with Crippen molar-refractivity contribution in [2.24, 2.45) is 0 Å². The molecule has 0 saturated heterocycles. The fraction of sp³-hybridized carbons (Fsp3) is 0.538. The molecule has 21 heavy (non-hydrogen) atoms. The maximum Gasteiger partial charge on any atom is 0.407 e. The lowest BCUT2D eigenvalue weighted by Gasteiger charge is -2.22. The fourth-order valence-electron chi connectivity index (χ4n) is 1.79. The molecule has 0 radical (unpaired) electrons. The zero-order valence-corrected chi connectivity index (χ0v) is 11.5. The number of alkyl halides is 5. The molecule has 1 unspecified atom stereocenters. The quantitative estimate of drug-likeness (QED) is 0.775. The van der Waals surface area contributed by atoms with E-state index in [-0.39, 0.29) is 30.2 Å². The summed E-state index contributed by atoms with van der Waals surface area (Å²) in [6.07, 6.45) is -4.51. The van der Waals surface area contributed by atoms with Gasteiger partial charge in [-0.3, -0.25) is 0 Å². The third kappa shape index (κ3) is 5.04. The van der Waals surface area contributed by atoms with Gasteiger partial charge in [0.15, 0.2) is 11.5 Å². The molecule has 1 aromatic rings. The van der Waals surface area contributed by atoms with Gasteiger partial charge in [0.05, 0.1) is 6.61 Å². The van der Waals surface area contributed by atoms with Crippen LogP contribution in [0.2, 0.25) is 0 Å². The lowest BCUT2D eigenvalue weighted by atomic mass is 10.1. The topological polar surface area (TPSA) is 30.5 Å². The molecule has 1 N–H and O–H groups in total. The predicted molar refractivity (Wildman–Crippen MR) is 66.7 cm³/mol. The summed E-state index contributed by atoms with van der Waals surface area (Å²) in [5, 5.41) is 2.30. The monoisotopic (exact) mass is 313 g/mol. The largest absolute Gasteiger partial charge is 0.490 e. The molecule has 0 saturated carbocycles. The Morgan fingerprint density at radius 3 is 2.29 bits per heavy atom. The van der Waals surface area contributed by atoms with Crippen molar-refractivity contribution in [1.82, 2.24) is 5.32 Å². The minimum Gasteiger partial charge on any atom is -0.490 e. The van der Waals surface area contributed by atoms with Crippen LogP contribution in [0.15, 0.2) is 18.2 Å². The van der Waals surface area contributed by atoms with Crippen molar-refractivity contribution in [3.8, 4) is 11.5 Å². The number of hydrogen-bond acceptors (Lipinski definition) is 3. The summed E-state index contributed by atoms with van der Waals surface area (Å²) < 4.78 is 72.7. The molecule has 0 heterocycles. The van der Waals surface area contributed by atoms with E-state index in [4.69, 9.17) is 4.74 Å². The average molecular weight is 313 g/mol. The molecule has 0 aliphatic carbocycles. The molecule has 0 aliphatic heterocycles. The van der Waals surface area contributed by atoms with Crippen LogP contribution in [0.4, 0.5) is 22.0 Å². The van der Waals surface area contributed by atoms with E-state index in [1.165, 1.54) is 6.92 Å². The minimum atomic E-state index is -4.51. The zero-order valence-electron chi connectivity index (χ0n) is 11.5. The van der Waals surface area contributed by atoms with Gasteiger partial charge in [-0.05, 0) is 31.2 Å². The van der Waals surface area contributed by atoms with Gasteiger partial charge >= 0.3 is 12.8 Å². The number of rotatable bonds is 7.